The second kappa shape index (κ2) is 11.8. The van der Waals surface area contributed by atoms with Crippen molar-refractivity contribution in [3.63, 3.8) is 0 Å². The first-order chi connectivity index (χ1) is 23.2. The van der Waals surface area contributed by atoms with Crippen LogP contribution in [0.2, 0.25) is 0 Å². The van der Waals surface area contributed by atoms with Crippen molar-refractivity contribution in [1.82, 2.24) is 0 Å². The van der Waals surface area contributed by atoms with Crippen molar-refractivity contribution < 1.29 is 14.3 Å². The normalized spacial score (nSPS) is 42.4. The van der Waals surface area contributed by atoms with Crippen molar-refractivity contribution in [3.8, 4) is 0 Å². The Morgan fingerprint density at radius 1 is 0.857 bits per heavy atom. The molecule has 4 nitrogen and oxygen atoms in total. The number of rotatable bonds is 5. The highest BCUT2D eigenvalue weighted by molar-refractivity contribution is 5.97. The molecule has 4 saturated carbocycles. The molecule has 7 rings (SSSR count). The van der Waals surface area contributed by atoms with Crippen molar-refractivity contribution in [3.05, 3.63) is 83.4 Å². The molecule has 0 bridgehead atoms. The molecule has 0 amide bonds. The van der Waals surface area contributed by atoms with Gasteiger partial charge in [-0.1, -0.05) is 108 Å². The lowest BCUT2D eigenvalue weighted by Gasteiger charge is -2.70. The summed E-state index contributed by atoms with van der Waals surface area (Å²) in [6, 6.07) is 20.2. The molecule has 0 saturated heterocycles. The lowest BCUT2D eigenvalue weighted by molar-refractivity contribution is -0.179. The van der Waals surface area contributed by atoms with Crippen LogP contribution in [0.25, 0.3) is 0 Å². The SMILES string of the molecule is CC[C@]1(C)/C(=N/C)CC[C@@]2(C)[C@H]1CC[C@]1(C)[C@@H]2C(=O)C=C2[C@@H]3C[C@@](C)(C(=O)OC(c4ccccc4)c4ccccc4)CC[C@]3(C)CC[C@]21C. The van der Waals surface area contributed by atoms with Crippen LogP contribution in [0.1, 0.15) is 130 Å². The van der Waals surface area contributed by atoms with Gasteiger partial charge in [0, 0.05) is 24.1 Å². The largest absolute Gasteiger partial charge is 0.452 e. The van der Waals surface area contributed by atoms with Gasteiger partial charge < -0.3 is 4.74 Å². The predicted octanol–water partition coefficient (Wildman–Crippen LogP) is 10.8. The number of ether oxygens (including phenoxy) is 1. The summed E-state index contributed by atoms with van der Waals surface area (Å²) in [4.78, 5) is 34.2. The molecule has 5 aliphatic rings. The summed E-state index contributed by atoms with van der Waals surface area (Å²) >= 11 is 0. The van der Waals surface area contributed by atoms with Crippen LogP contribution in [0.5, 0.6) is 0 Å². The minimum Gasteiger partial charge on any atom is -0.452 e. The van der Waals surface area contributed by atoms with Gasteiger partial charge in [0.1, 0.15) is 0 Å². The maximum absolute atomic E-state index is 14.9. The van der Waals surface area contributed by atoms with Gasteiger partial charge in [-0.25, -0.2) is 0 Å². The fourth-order valence-corrected chi connectivity index (χ4v) is 12.7. The molecule has 5 aliphatic carbocycles. The number of hydrogen-bond donors (Lipinski definition) is 0. The summed E-state index contributed by atoms with van der Waals surface area (Å²) in [5.74, 6) is 0.891. The number of allylic oxidation sites excluding steroid dienone is 2. The Morgan fingerprint density at radius 3 is 2.06 bits per heavy atom. The molecule has 0 spiro atoms. The molecular weight excluding hydrogens is 602 g/mol. The number of esters is 1. The third-order valence-electron chi connectivity index (χ3n) is 16.1. The van der Waals surface area contributed by atoms with E-state index in [1.807, 2.05) is 67.7 Å². The highest BCUT2D eigenvalue weighted by Crippen LogP contribution is 2.75. The number of benzene rings is 2. The van der Waals surface area contributed by atoms with E-state index in [0.29, 0.717) is 11.7 Å². The van der Waals surface area contributed by atoms with Gasteiger partial charge in [0.05, 0.1) is 5.41 Å². The number of carbonyl (C=O) groups is 2. The van der Waals surface area contributed by atoms with Gasteiger partial charge in [0.25, 0.3) is 0 Å². The number of nitrogens with zero attached hydrogens (tertiary/aromatic N) is 1. The van der Waals surface area contributed by atoms with E-state index in [4.69, 9.17) is 9.73 Å². The highest BCUT2D eigenvalue weighted by atomic mass is 16.5. The lowest BCUT2D eigenvalue weighted by Crippen LogP contribution is -2.66. The molecule has 0 aliphatic heterocycles. The van der Waals surface area contributed by atoms with Crippen molar-refractivity contribution >= 4 is 17.5 Å². The molecule has 0 unspecified atom stereocenters. The lowest BCUT2D eigenvalue weighted by atomic mass is 9.33. The third kappa shape index (κ3) is 4.92. The summed E-state index contributed by atoms with van der Waals surface area (Å²) in [5.41, 5.74) is 3.92. The van der Waals surface area contributed by atoms with E-state index in [0.717, 1.165) is 75.3 Å². The molecule has 0 radical (unpaired) electrons. The van der Waals surface area contributed by atoms with E-state index in [9.17, 15) is 9.59 Å². The van der Waals surface area contributed by atoms with Crippen LogP contribution in [0.15, 0.2) is 77.3 Å². The van der Waals surface area contributed by atoms with Gasteiger partial charge >= 0.3 is 5.97 Å². The van der Waals surface area contributed by atoms with Gasteiger partial charge in [-0.05, 0) is 122 Å². The van der Waals surface area contributed by atoms with Crippen molar-refractivity contribution in [2.75, 3.05) is 7.05 Å². The van der Waals surface area contributed by atoms with Gasteiger partial charge in [-0.2, -0.15) is 0 Å². The minimum atomic E-state index is -0.627. The monoisotopic (exact) mass is 661 g/mol. The third-order valence-corrected chi connectivity index (χ3v) is 16.1. The quantitative estimate of drug-likeness (QED) is 0.300. The van der Waals surface area contributed by atoms with Crippen molar-refractivity contribution in [1.29, 1.82) is 0 Å². The molecule has 9 atom stereocenters. The van der Waals surface area contributed by atoms with Crippen LogP contribution in [-0.4, -0.2) is 24.5 Å². The Hall–Kier alpha value is -3.01. The molecule has 4 heteroatoms. The Morgan fingerprint density at radius 2 is 1.47 bits per heavy atom. The zero-order chi connectivity index (χ0) is 35.0. The van der Waals surface area contributed by atoms with Gasteiger partial charge in [-0.3, -0.25) is 14.6 Å². The summed E-state index contributed by atoms with van der Waals surface area (Å²) in [5, 5.41) is 0. The number of aliphatic imine (C=N–C) groups is 1. The number of ketones is 1. The maximum atomic E-state index is 14.9. The predicted molar refractivity (Wildman–Crippen MR) is 198 cm³/mol. The van der Waals surface area contributed by atoms with Crippen LogP contribution in [0, 0.1) is 50.2 Å². The Balaban J connectivity index is 1.23. The van der Waals surface area contributed by atoms with E-state index >= 15 is 0 Å². The highest BCUT2D eigenvalue weighted by Gasteiger charge is 2.70. The van der Waals surface area contributed by atoms with Gasteiger partial charge in [-0.15, -0.1) is 0 Å². The minimum absolute atomic E-state index is 0.0126. The van der Waals surface area contributed by atoms with Crippen LogP contribution in [0.4, 0.5) is 0 Å². The number of carbonyl (C=O) groups excluding carboxylic acids is 2. The van der Waals surface area contributed by atoms with Crippen molar-refractivity contribution in [2.24, 2.45) is 55.2 Å². The number of hydrogen-bond acceptors (Lipinski definition) is 4. The van der Waals surface area contributed by atoms with Crippen LogP contribution in [-0.2, 0) is 14.3 Å². The second-order valence-corrected chi connectivity index (χ2v) is 18.3. The van der Waals surface area contributed by atoms with E-state index in [2.05, 4.69) is 54.5 Å². The van der Waals surface area contributed by atoms with E-state index in [1.165, 1.54) is 11.3 Å². The topological polar surface area (TPSA) is 55.7 Å². The second-order valence-electron chi connectivity index (χ2n) is 18.3. The average molecular weight is 662 g/mol. The zero-order valence-electron chi connectivity index (χ0n) is 31.4. The summed E-state index contributed by atoms with van der Waals surface area (Å²) in [7, 11) is 1.97. The summed E-state index contributed by atoms with van der Waals surface area (Å²) in [6.45, 7) is 16.8. The van der Waals surface area contributed by atoms with E-state index in [-0.39, 0.29) is 44.9 Å². The zero-order valence-corrected chi connectivity index (χ0v) is 31.4. The first-order valence-corrected chi connectivity index (χ1v) is 19.2. The standard InChI is InChI=1S/C45H59NO3/c1-9-42(4)35-20-23-45(7)38(43(35,5)22-21-36(42)46-8)34(47)28-32-33-29-41(3,25-24-40(33,2)26-27-44(32,45)6)39(48)49-37(30-16-12-10-13-17-30)31-18-14-11-15-19-31/h10-19,28,33,35,37-38H,9,20-27,29H2,1-8H3/b46-36+/t33-,35-,38+,40+,41-,42-,43-,44+,45+/m0/s1. The molecule has 49 heavy (non-hydrogen) atoms. The first kappa shape index (κ1) is 34.4. The molecular formula is C45H59NO3. The van der Waals surface area contributed by atoms with Crippen LogP contribution < -0.4 is 0 Å². The summed E-state index contributed by atoms with van der Waals surface area (Å²) < 4.78 is 6.55. The van der Waals surface area contributed by atoms with Gasteiger partial charge in [0.15, 0.2) is 11.9 Å². The summed E-state index contributed by atoms with van der Waals surface area (Å²) in [6.07, 6.45) is 11.8. The van der Waals surface area contributed by atoms with Crippen molar-refractivity contribution in [2.45, 2.75) is 119 Å². The molecule has 0 aromatic heterocycles. The fraction of sp³-hybridized carbons (Fsp3) is 0.622. The van der Waals surface area contributed by atoms with Crippen LogP contribution >= 0.6 is 0 Å². The fourth-order valence-electron chi connectivity index (χ4n) is 12.7. The molecule has 2 aromatic carbocycles. The Bertz CT molecular complexity index is 1640. The molecule has 262 valence electrons. The molecule has 0 heterocycles. The molecule has 4 fully saturated rings. The average Bonchev–Trinajstić information content (AvgIpc) is 3.09. The molecule has 0 N–H and O–H groups in total. The first-order valence-electron chi connectivity index (χ1n) is 19.2. The Labute approximate surface area is 295 Å². The van der Waals surface area contributed by atoms with E-state index in [1.54, 1.807) is 0 Å². The number of fused-ring (bicyclic) bond motifs is 7. The van der Waals surface area contributed by atoms with Crippen LogP contribution in [0.3, 0.4) is 0 Å². The van der Waals surface area contributed by atoms with E-state index < -0.39 is 11.5 Å². The maximum Gasteiger partial charge on any atom is 0.312 e. The molecule has 2 aromatic rings. The van der Waals surface area contributed by atoms with Gasteiger partial charge in [0.2, 0.25) is 0 Å². The smallest absolute Gasteiger partial charge is 0.312 e. The Kier molecular flexibility index (Phi) is 8.28.